The minimum Gasteiger partial charge on any atom is -0.299 e. The standard InChI is InChI=1S/C19H29F3N2O2S/c1-18(2,3)16-9-11-24(12-10-16)13-14-5-7-15(8-6-14)17(19(20,21)22)23-27(4,25)26/h5-8,16-17,23H,9-13H2,1-4H3. The first-order valence-electron chi connectivity index (χ1n) is 9.11. The van der Waals surface area contributed by atoms with Crippen LogP contribution in [0.1, 0.15) is 50.8 Å². The zero-order valence-electron chi connectivity index (χ0n) is 16.3. The van der Waals surface area contributed by atoms with E-state index >= 15 is 0 Å². The molecule has 0 radical (unpaired) electrons. The number of nitrogens with zero attached hydrogens (tertiary/aromatic N) is 1. The van der Waals surface area contributed by atoms with E-state index in [-0.39, 0.29) is 5.56 Å². The second-order valence-corrected chi connectivity index (χ2v) is 10.3. The lowest BCUT2D eigenvalue weighted by Crippen LogP contribution is -2.38. The average Bonchev–Trinajstić information content (AvgIpc) is 2.51. The van der Waals surface area contributed by atoms with Gasteiger partial charge in [0.25, 0.3) is 0 Å². The molecule has 0 aliphatic carbocycles. The van der Waals surface area contributed by atoms with Gasteiger partial charge in [0.15, 0.2) is 0 Å². The van der Waals surface area contributed by atoms with Crippen molar-refractivity contribution in [3.63, 3.8) is 0 Å². The summed E-state index contributed by atoms with van der Waals surface area (Å²) in [6, 6.07) is 3.77. The first-order valence-corrected chi connectivity index (χ1v) is 11.0. The third kappa shape index (κ3) is 6.76. The normalized spacial score (nSPS) is 19.2. The Morgan fingerprint density at radius 1 is 1.11 bits per heavy atom. The monoisotopic (exact) mass is 406 g/mol. The Balaban J connectivity index is 2.02. The van der Waals surface area contributed by atoms with E-state index in [1.807, 2.05) is 0 Å². The Morgan fingerprint density at radius 2 is 1.63 bits per heavy atom. The van der Waals surface area contributed by atoms with Crippen LogP contribution in [0, 0.1) is 11.3 Å². The zero-order valence-corrected chi connectivity index (χ0v) is 17.1. The van der Waals surface area contributed by atoms with E-state index in [2.05, 4.69) is 25.7 Å². The number of nitrogens with one attached hydrogen (secondary N) is 1. The number of rotatable bonds is 5. The number of halogens is 3. The number of alkyl halides is 3. The van der Waals surface area contributed by atoms with Gasteiger partial charge in [-0.2, -0.15) is 17.9 Å². The molecule has 0 amide bonds. The van der Waals surface area contributed by atoms with Gasteiger partial charge in [-0.3, -0.25) is 4.90 Å². The first-order chi connectivity index (χ1) is 12.3. The van der Waals surface area contributed by atoms with Crippen LogP contribution in [0.15, 0.2) is 24.3 Å². The van der Waals surface area contributed by atoms with E-state index < -0.39 is 22.2 Å². The molecule has 27 heavy (non-hydrogen) atoms. The topological polar surface area (TPSA) is 49.4 Å². The highest BCUT2D eigenvalue weighted by Gasteiger charge is 2.42. The van der Waals surface area contributed by atoms with Gasteiger partial charge in [0.05, 0.1) is 6.26 Å². The second kappa shape index (κ2) is 8.09. The summed E-state index contributed by atoms with van der Waals surface area (Å²) >= 11 is 0. The molecule has 1 fully saturated rings. The van der Waals surface area contributed by atoms with Gasteiger partial charge in [0, 0.05) is 6.54 Å². The van der Waals surface area contributed by atoms with Crippen LogP contribution in [0.4, 0.5) is 13.2 Å². The largest absolute Gasteiger partial charge is 0.408 e. The summed E-state index contributed by atoms with van der Waals surface area (Å²) in [6.45, 7) is 9.41. The van der Waals surface area contributed by atoms with Crippen LogP contribution in [0.25, 0.3) is 0 Å². The van der Waals surface area contributed by atoms with E-state index in [1.54, 1.807) is 16.9 Å². The summed E-state index contributed by atoms with van der Waals surface area (Å²) in [5.74, 6) is 0.686. The molecule has 1 heterocycles. The van der Waals surface area contributed by atoms with Gasteiger partial charge in [-0.15, -0.1) is 0 Å². The molecule has 1 aliphatic rings. The van der Waals surface area contributed by atoms with E-state index in [1.165, 1.54) is 12.1 Å². The van der Waals surface area contributed by atoms with Gasteiger partial charge < -0.3 is 0 Å². The molecule has 1 aromatic rings. The zero-order chi connectivity index (χ0) is 20.5. The molecule has 1 aliphatic heterocycles. The van der Waals surface area contributed by atoms with Crippen molar-refractivity contribution in [3.8, 4) is 0 Å². The summed E-state index contributed by atoms with van der Waals surface area (Å²) in [7, 11) is -3.98. The fourth-order valence-corrected chi connectivity index (χ4v) is 4.27. The summed E-state index contributed by atoms with van der Waals surface area (Å²) in [5, 5.41) is 0. The highest BCUT2D eigenvalue weighted by molar-refractivity contribution is 7.88. The SMILES string of the molecule is CC(C)(C)C1CCN(Cc2ccc(C(NS(C)(=O)=O)C(F)(F)F)cc2)CC1. The predicted octanol–water partition coefficient (Wildman–Crippen LogP) is 4.10. The quantitative estimate of drug-likeness (QED) is 0.801. The van der Waals surface area contributed by atoms with Crippen LogP contribution in [0.5, 0.6) is 0 Å². The predicted molar refractivity (Wildman–Crippen MR) is 101 cm³/mol. The van der Waals surface area contributed by atoms with Crippen molar-refractivity contribution in [3.05, 3.63) is 35.4 Å². The average molecular weight is 407 g/mol. The van der Waals surface area contributed by atoms with Gasteiger partial charge in [0.2, 0.25) is 10.0 Å². The molecule has 4 nitrogen and oxygen atoms in total. The number of likely N-dealkylation sites (tertiary alicyclic amines) is 1. The molecule has 1 unspecified atom stereocenters. The van der Waals surface area contributed by atoms with Gasteiger partial charge in [0.1, 0.15) is 6.04 Å². The Bertz CT molecular complexity index is 717. The molecule has 1 N–H and O–H groups in total. The smallest absolute Gasteiger partial charge is 0.299 e. The number of sulfonamides is 1. The van der Waals surface area contributed by atoms with Gasteiger partial charge in [-0.25, -0.2) is 8.42 Å². The molecular formula is C19H29F3N2O2S. The first kappa shape index (κ1) is 22.2. The van der Waals surface area contributed by atoms with Gasteiger partial charge in [-0.1, -0.05) is 45.0 Å². The molecule has 154 valence electrons. The van der Waals surface area contributed by atoms with Crippen molar-refractivity contribution in [2.75, 3.05) is 19.3 Å². The maximum Gasteiger partial charge on any atom is 0.408 e. The van der Waals surface area contributed by atoms with E-state index in [9.17, 15) is 21.6 Å². The van der Waals surface area contributed by atoms with Crippen LogP contribution >= 0.6 is 0 Å². The van der Waals surface area contributed by atoms with Crippen molar-refractivity contribution in [1.82, 2.24) is 9.62 Å². The number of piperidine rings is 1. The number of benzene rings is 1. The second-order valence-electron chi connectivity index (χ2n) is 8.52. The Labute approximate surface area is 160 Å². The summed E-state index contributed by atoms with van der Waals surface area (Å²) in [5.41, 5.74) is 1.11. The number of hydrogen-bond acceptors (Lipinski definition) is 3. The molecule has 8 heteroatoms. The van der Waals surface area contributed by atoms with Gasteiger partial charge in [-0.05, 0) is 48.4 Å². The maximum atomic E-state index is 13.2. The van der Waals surface area contributed by atoms with Crippen molar-refractivity contribution in [1.29, 1.82) is 0 Å². The molecule has 1 aromatic carbocycles. The summed E-state index contributed by atoms with van der Waals surface area (Å²) in [6.07, 6.45) is -1.73. The molecule has 2 rings (SSSR count). The minimum atomic E-state index is -4.70. The lowest BCUT2D eigenvalue weighted by Gasteiger charge is -2.38. The van der Waals surface area contributed by atoms with Crippen molar-refractivity contribution >= 4 is 10.0 Å². The lowest BCUT2D eigenvalue weighted by atomic mass is 9.75. The number of hydrogen-bond donors (Lipinski definition) is 1. The Kier molecular flexibility index (Phi) is 6.64. The molecule has 0 aromatic heterocycles. The summed E-state index contributed by atoms with van der Waals surface area (Å²) in [4.78, 5) is 2.31. The highest BCUT2D eigenvalue weighted by atomic mass is 32.2. The fraction of sp³-hybridized carbons (Fsp3) is 0.684. The van der Waals surface area contributed by atoms with Crippen molar-refractivity contribution in [2.45, 2.75) is 52.4 Å². The summed E-state index contributed by atoms with van der Waals surface area (Å²) < 4.78 is 63.8. The highest BCUT2D eigenvalue weighted by Crippen LogP contribution is 2.35. The third-order valence-electron chi connectivity index (χ3n) is 5.19. The molecule has 0 saturated carbocycles. The fourth-order valence-electron chi connectivity index (χ4n) is 3.57. The van der Waals surface area contributed by atoms with Crippen LogP contribution in [0.2, 0.25) is 0 Å². The third-order valence-corrected chi connectivity index (χ3v) is 5.85. The van der Waals surface area contributed by atoms with Crippen molar-refractivity contribution < 1.29 is 21.6 Å². The minimum absolute atomic E-state index is 0.108. The Hall–Kier alpha value is -1.12. The van der Waals surface area contributed by atoms with Crippen LogP contribution in [0.3, 0.4) is 0 Å². The van der Waals surface area contributed by atoms with Crippen LogP contribution in [-0.4, -0.2) is 38.8 Å². The van der Waals surface area contributed by atoms with E-state index in [4.69, 9.17) is 0 Å². The van der Waals surface area contributed by atoms with Gasteiger partial charge >= 0.3 is 6.18 Å². The Morgan fingerprint density at radius 3 is 2.04 bits per heavy atom. The van der Waals surface area contributed by atoms with Crippen LogP contribution in [-0.2, 0) is 16.6 Å². The molecule has 0 bridgehead atoms. The maximum absolute atomic E-state index is 13.2. The molecule has 1 atom stereocenters. The molecule has 1 saturated heterocycles. The van der Waals surface area contributed by atoms with Crippen molar-refractivity contribution in [2.24, 2.45) is 11.3 Å². The molecular weight excluding hydrogens is 377 g/mol. The van der Waals surface area contributed by atoms with Crippen LogP contribution < -0.4 is 4.72 Å². The van der Waals surface area contributed by atoms with E-state index in [0.717, 1.165) is 37.8 Å². The van der Waals surface area contributed by atoms with E-state index in [0.29, 0.717) is 17.9 Å². The molecule has 0 spiro atoms. The lowest BCUT2D eigenvalue weighted by molar-refractivity contribution is -0.153.